The third kappa shape index (κ3) is 3.86. The first-order valence-electron chi connectivity index (χ1n) is 7.52. The first-order chi connectivity index (χ1) is 10.0. The molecule has 0 saturated heterocycles. The van der Waals surface area contributed by atoms with Crippen LogP contribution in [0.5, 0.6) is 0 Å². The summed E-state index contributed by atoms with van der Waals surface area (Å²) < 4.78 is 0. The molecule has 3 heteroatoms. The van der Waals surface area contributed by atoms with Gasteiger partial charge in [-0.05, 0) is 56.4 Å². The van der Waals surface area contributed by atoms with Crippen LogP contribution in [0.3, 0.4) is 0 Å². The summed E-state index contributed by atoms with van der Waals surface area (Å²) in [6, 6.07) is 5.94. The van der Waals surface area contributed by atoms with Crippen molar-refractivity contribution in [2.45, 2.75) is 39.2 Å². The number of hydrogen-bond donors (Lipinski definition) is 1. The lowest BCUT2D eigenvalue weighted by atomic mass is 10.0. The van der Waals surface area contributed by atoms with E-state index in [0.717, 1.165) is 16.7 Å². The van der Waals surface area contributed by atoms with Gasteiger partial charge in [0, 0.05) is 30.6 Å². The molecule has 1 aliphatic rings. The van der Waals surface area contributed by atoms with E-state index in [1.165, 1.54) is 12.8 Å². The third-order valence-electron chi connectivity index (χ3n) is 4.17. The topological polar surface area (TPSA) is 40.5 Å². The van der Waals surface area contributed by atoms with E-state index in [9.17, 15) is 4.79 Å². The average molecular weight is 285 g/mol. The number of carbonyl (C=O) groups excluding carboxylic acids is 1. The van der Waals surface area contributed by atoms with Crippen LogP contribution in [0.4, 0.5) is 0 Å². The number of aliphatic hydroxyl groups is 1. The molecule has 0 radical (unpaired) electrons. The highest BCUT2D eigenvalue weighted by Gasteiger charge is 2.32. The summed E-state index contributed by atoms with van der Waals surface area (Å²) in [6.07, 6.45) is 2.94. The second kappa shape index (κ2) is 6.78. The van der Waals surface area contributed by atoms with E-state index in [1.54, 1.807) is 0 Å². The maximum absolute atomic E-state index is 12.5. The van der Waals surface area contributed by atoms with Crippen molar-refractivity contribution in [2.24, 2.45) is 5.92 Å². The summed E-state index contributed by atoms with van der Waals surface area (Å²) in [4.78, 5) is 14.3. The Bertz CT molecular complexity index is 579. The molecule has 1 aromatic carbocycles. The second-order valence-electron chi connectivity index (χ2n) is 5.80. The van der Waals surface area contributed by atoms with E-state index in [-0.39, 0.29) is 12.5 Å². The number of aryl methyl sites for hydroxylation is 1. The number of carbonyl (C=O) groups is 1. The molecule has 21 heavy (non-hydrogen) atoms. The predicted octanol–water partition coefficient (Wildman–Crippen LogP) is 2.60. The number of rotatable bonds is 4. The Labute approximate surface area is 127 Å². The van der Waals surface area contributed by atoms with Gasteiger partial charge in [-0.3, -0.25) is 4.79 Å². The number of amides is 1. The fourth-order valence-electron chi connectivity index (χ4n) is 2.43. The van der Waals surface area contributed by atoms with E-state index in [4.69, 9.17) is 5.11 Å². The van der Waals surface area contributed by atoms with Gasteiger partial charge in [0.15, 0.2) is 0 Å². The number of nitrogens with zero attached hydrogens (tertiary/aromatic N) is 1. The van der Waals surface area contributed by atoms with Crippen LogP contribution in [0.15, 0.2) is 18.2 Å². The molecule has 1 amide bonds. The van der Waals surface area contributed by atoms with Crippen LogP contribution in [0.2, 0.25) is 0 Å². The van der Waals surface area contributed by atoms with Gasteiger partial charge in [0.05, 0.1) is 6.61 Å². The van der Waals surface area contributed by atoms with Gasteiger partial charge >= 0.3 is 0 Å². The van der Waals surface area contributed by atoms with Crippen molar-refractivity contribution in [1.82, 2.24) is 4.90 Å². The molecule has 1 fully saturated rings. The highest BCUT2D eigenvalue weighted by atomic mass is 16.2. The quantitative estimate of drug-likeness (QED) is 0.864. The molecule has 2 rings (SSSR count). The van der Waals surface area contributed by atoms with Gasteiger partial charge in [0.25, 0.3) is 5.91 Å². The Balaban J connectivity index is 2.12. The molecular weight excluding hydrogens is 262 g/mol. The zero-order valence-corrected chi connectivity index (χ0v) is 13.0. The molecular formula is C18H23NO2. The summed E-state index contributed by atoms with van der Waals surface area (Å²) in [5.41, 5.74) is 2.63. The summed E-state index contributed by atoms with van der Waals surface area (Å²) in [5, 5.41) is 8.74. The van der Waals surface area contributed by atoms with Crippen molar-refractivity contribution in [2.75, 3.05) is 13.7 Å². The van der Waals surface area contributed by atoms with Gasteiger partial charge < -0.3 is 10.0 Å². The largest absolute Gasteiger partial charge is 0.395 e. The van der Waals surface area contributed by atoms with Crippen molar-refractivity contribution in [1.29, 1.82) is 0 Å². The van der Waals surface area contributed by atoms with Crippen molar-refractivity contribution in [3.63, 3.8) is 0 Å². The molecule has 0 aliphatic heterocycles. The van der Waals surface area contributed by atoms with Crippen LogP contribution in [0, 0.1) is 24.7 Å². The zero-order chi connectivity index (χ0) is 15.4. The van der Waals surface area contributed by atoms with Crippen molar-refractivity contribution < 1.29 is 9.90 Å². The highest BCUT2D eigenvalue weighted by Crippen LogP contribution is 2.35. The lowest BCUT2D eigenvalue weighted by Gasteiger charge is -2.25. The molecule has 112 valence electrons. The molecule has 0 spiro atoms. The number of benzene rings is 1. The highest BCUT2D eigenvalue weighted by molar-refractivity contribution is 5.94. The summed E-state index contributed by atoms with van der Waals surface area (Å²) in [7, 11) is 1.88. The number of hydrogen-bond acceptors (Lipinski definition) is 2. The molecule has 1 aliphatic carbocycles. The predicted molar refractivity (Wildman–Crippen MR) is 84.0 cm³/mol. The van der Waals surface area contributed by atoms with Gasteiger partial charge in [0.1, 0.15) is 0 Å². The van der Waals surface area contributed by atoms with Crippen molar-refractivity contribution >= 4 is 5.91 Å². The van der Waals surface area contributed by atoms with Crippen LogP contribution < -0.4 is 0 Å². The smallest absolute Gasteiger partial charge is 0.253 e. The zero-order valence-electron chi connectivity index (χ0n) is 13.0. The van der Waals surface area contributed by atoms with Crippen LogP contribution >= 0.6 is 0 Å². The molecule has 1 unspecified atom stereocenters. The first kappa shape index (κ1) is 15.6. The van der Waals surface area contributed by atoms with Gasteiger partial charge in [-0.1, -0.05) is 11.8 Å². The Morgan fingerprint density at radius 2 is 2.19 bits per heavy atom. The lowest BCUT2D eigenvalue weighted by Crippen LogP contribution is -2.36. The standard InChI is InChI=1S/C18H23NO2/c1-13-12-17(10-7-15(13)6-4-5-11-20)18(21)19(3)14(2)16-8-9-16/h7,10,12,14,16,20H,5,8-9,11H2,1-3H3. The van der Waals surface area contributed by atoms with Crippen molar-refractivity contribution in [3.8, 4) is 11.8 Å². The molecule has 1 aromatic rings. The summed E-state index contributed by atoms with van der Waals surface area (Å²) in [6.45, 7) is 4.16. The first-order valence-corrected chi connectivity index (χ1v) is 7.52. The van der Waals surface area contributed by atoms with Crippen molar-refractivity contribution in [3.05, 3.63) is 34.9 Å². The Morgan fingerprint density at radius 3 is 2.76 bits per heavy atom. The molecule has 1 atom stereocenters. The van der Waals surface area contributed by atoms with Gasteiger partial charge in [-0.15, -0.1) is 0 Å². The number of aliphatic hydroxyl groups excluding tert-OH is 1. The van der Waals surface area contributed by atoms with Gasteiger partial charge in [-0.2, -0.15) is 0 Å². The Kier molecular flexibility index (Phi) is 5.03. The third-order valence-corrected chi connectivity index (χ3v) is 4.17. The van der Waals surface area contributed by atoms with Crippen LogP contribution in [0.1, 0.15) is 47.7 Å². The molecule has 0 bridgehead atoms. The SMILES string of the molecule is Cc1cc(C(=O)N(C)C(C)C2CC2)ccc1C#CCCO. The van der Waals surface area contributed by atoms with E-state index >= 15 is 0 Å². The second-order valence-corrected chi connectivity index (χ2v) is 5.80. The molecule has 3 nitrogen and oxygen atoms in total. The summed E-state index contributed by atoms with van der Waals surface area (Å²) >= 11 is 0. The molecule has 1 saturated carbocycles. The Hall–Kier alpha value is -1.79. The molecule has 1 N–H and O–H groups in total. The fraction of sp³-hybridized carbons (Fsp3) is 0.500. The van der Waals surface area contributed by atoms with E-state index in [1.807, 2.05) is 37.1 Å². The fourth-order valence-corrected chi connectivity index (χ4v) is 2.43. The van der Waals surface area contributed by atoms with E-state index < -0.39 is 0 Å². The van der Waals surface area contributed by atoms with E-state index in [0.29, 0.717) is 18.4 Å². The summed E-state index contributed by atoms with van der Waals surface area (Å²) in [5.74, 6) is 6.68. The van der Waals surface area contributed by atoms with E-state index in [2.05, 4.69) is 18.8 Å². The Morgan fingerprint density at radius 1 is 1.48 bits per heavy atom. The minimum atomic E-state index is 0.0759. The maximum Gasteiger partial charge on any atom is 0.253 e. The maximum atomic E-state index is 12.5. The minimum absolute atomic E-state index is 0.0759. The van der Waals surface area contributed by atoms with Gasteiger partial charge in [-0.25, -0.2) is 0 Å². The minimum Gasteiger partial charge on any atom is -0.395 e. The molecule has 0 aromatic heterocycles. The van der Waals surface area contributed by atoms with Crippen LogP contribution in [0.25, 0.3) is 0 Å². The average Bonchev–Trinajstić information content (AvgIpc) is 3.31. The lowest BCUT2D eigenvalue weighted by molar-refractivity contribution is 0.0727. The van der Waals surface area contributed by atoms with Gasteiger partial charge in [0.2, 0.25) is 0 Å². The monoisotopic (exact) mass is 285 g/mol. The molecule has 0 heterocycles. The van der Waals surface area contributed by atoms with Crippen LogP contribution in [-0.2, 0) is 0 Å². The normalized spacial score (nSPS) is 15.0. The van der Waals surface area contributed by atoms with Crippen LogP contribution in [-0.4, -0.2) is 35.6 Å².